The van der Waals surface area contributed by atoms with E-state index in [1.54, 1.807) is 11.8 Å². The second-order valence-electron chi connectivity index (χ2n) is 5.48. The molecule has 4 heteroatoms. The summed E-state index contributed by atoms with van der Waals surface area (Å²) < 4.78 is 0. The molecular weight excluding hydrogens is 334 g/mol. The van der Waals surface area contributed by atoms with Crippen LogP contribution in [0, 0.1) is 5.41 Å². The van der Waals surface area contributed by atoms with Crippen molar-refractivity contribution in [3.8, 4) is 0 Å². The van der Waals surface area contributed by atoms with Crippen LogP contribution in [0.5, 0.6) is 0 Å². The van der Waals surface area contributed by atoms with E-state index in [0.29, 0.717) is 0 Å². The van der Waals surface area contributed by atoms with Gasteiger partial charge in [0.15, 0.2) is 0 Å². The first-order valence-corrected chi connectivity index (χ1v) is 9.22. The van der Waals surface area contributed by atoms with E-state index in [2.05, 4.69) is 47.2 Å². The number of carbonyl (C=O) groups is 1. The van der Waals surface area contributed by atoms with Gasteiger partial charge in [-0.1, -0.05) is 48.0 Å². The number of hydrogen-bond donors (Lipinski definition) is 1. The molecule has 1 unspecified atom stereocenters. The van der Waals surface area contributed by atoms with Crippen LogP contribution in [0.25, 0.3) is 0 Å². The highest BCUT2D eigenvalue weighted by atomic mass is 79.9. The largest absolute Gasteiger partial charge is 0.355 e. The number of nitrogens with one attached hydrogen (secondary N) is 1. The number of amides is 1. The van der Waals surface area contributed by atoms with Crippen molar-refractivity contribution in [3.05, 3.63) is 29.8 Å². The molecule has 2 nitrogen and oxygen atoms in total. The minimum Gasteiger partial charge on any atom is -0.355 e. The van der Waals surface area contributed by atoms with Crippen molar-refractivity contribution in [1.82, 2.24) is 5.32 Å². The standard InChI is InChI=1S/C16H22BrNOS/c1-3-16(4-2,10-17)11-18-15(19)14-9-12-7-5-6-8-13(12)20-14/h5-8,14H,3-4,9-11H2,1-2H3,(H,18,19). The Bertz CT molecular complexity index is 440. The molecule has 1 aliphatic heterocycles. The lowest BCUT2D eigenvalue weighted by atomic mass is 9.84. The molecule has 0 aromatic heterocycles. The van der Waals surface area contributed by atoms with Crippen LogP contribution in [-0.4, -0.2) is 23.0 Å². The van der Waals surface area contributed by atoms with Gasteiger partial charge in [0.1, 0.15) is 0 Å². The molecule has 0 saturated heterocycles. The molecule has 1 atom stereocenters. The highest BCUT2D eigenvalue weighted by Gasteiger charge is 2.30. The fourth-order valence-electron chi connectivity index (χ4n) is 2.45. The van der Waals surface area contributed by atoms with E-state index in [1.165, 1.54) is 10.5 Å². The van der Waals surface area contributed by atoms with Crippen molar-refractivity contribution in [3.63, 3.8) is 0 Å². The van der Waals surface area contributed by atoms with Crippen molar-refractivity contribution >= 4 is 33.6 Å². The number of carbonyl (C=O) groups excluding carboxylic acids is 1. The molecule has 1 aromatic rings. The minimum atomic E-state index is 0.0362. The van der Waals surface area contributed by atoms with Crippen molar-refractivity contribution < 1.29 is 4.79 Å². The first kappa shape index (κ1) is 15.9. The minimum absolute atomic E-state index is 0.0362. The van der Waals surface area contributed by atoms with E-state index in [0.717, 1.165) is 31.1 Å². The van der Waals surface area contributed by atoms with Crippen LogP contribution in [0.2, 0.25) is 0 Å². The lowest BCUT2D eigenvalue weighted by molar-refractivity contribution is -0.121. The van der Waals surface area contributed by atoms with Crippen molar-refractivity contribution in [2.24, 2.45) is 5.41 Å². The Morgan fingerprint density at radius 3 is 2.70 bits per heavy atom. The Morgan fingerprint density at radius 2 is 2.10 bits per heavy atom. The van der Waals surface area contributed by atoms with Gasteiger partial charge >= 0.3 is 0 Å². The van der Waals surface area contributed by atoms with Crippen LogP contribution in [-0.2, 0) is 11.2 Å². The number of halogens is 1. The third-order valence-electron chi connectivity index (χ3n) is 4.36. The van der Waals surface area contributed by atoms with Crippen LogP contribution in [0.1, 0.15) is 32.3 Å². The molecule has 0 spiro atoms. The zero-order valence-corrected chi connectivity index (χ0v) is 14.5. The van der Waals surface area contributed by atoms with Gasteiger partial charge in [-0.15, -0.1) is 11.8 Å². The Labute approximate surface area is 134 Å². The zero-order chi connectivity index (χ0) is 14.6. The third kappa shape index (κ3) is 3.40. The molecule has 0 saturated carbocycles. The SMILES string of the molecule is CCC(CC)(CBr)CNC(=O)C1Cc2ccccc2S1. The maximum absolute atomic E-state index is 12.4. The van der Waals surface area contributed by atoms with E-state index in [1.807, 2.05) is 12.1 Å². The van der Waals surface area contributed by atoms with E-state index in [9.17, 15) is 4.79 Å². The van der Waals surface area contributed by atoms with Gasteiger partial charge in [-0.3, -0.25) is 4.79 Å². The summed E-state index contributed by atoms with van der Waals surface area (Å²) in [6.45, 7) is 5.14. The summed E-state index contributed by atoms with van der Waals surface area (Å²) in [7, 11) is 0. The van der Waals surface area contributed by atoms with Gasteiger partial charge in [-0.05, 0) is 36.3 Å². The third-order valence-corrected chi connectivity index (χ3v) is 6.87. The summed E-state index contributed by atoms with van der Waals surface area (Å²) in [6.07, 6.45) is 3.01. The average molecular weight is 356 g/mol. The number of alkyl halides is 1. The van der Waals surface area contributed by atoms with Gasteiger partial charge in [-0.2, -0.15) is 0 Å². The summed E-state index contributed by atoms with van der Waals surface area (Å²) in [5.74, 6) is 0.179. The summed E-state index contributed by atoms with van der Waals surface area (Å²) >= 11 is 5.29. The molecule has 110 valence electrons. The number of hydrogen-bond acceptors (Lipinski definition) is 2. The predicted octanol–water partition coefficient (Wildman–Crippen LogP) is 4.02. The van der Waals surface area contributed by atoms with E-state index >= 15 is 0 Å². The van der Waals surface area contributed by atoms with E-state index in [-0.39, 0.29) is 16.6 Å². The summed E-state index contributed by atoms with van der Waals surface area (Å²) in [4.78, 5) is 13.6. The van der Waals surface area contributed by atoms with Crippen molar-refractivity contribution in [1.29, 1.82) is 0 Å². The molecule has 20 heavy (non-hydrogen) atoms. The zero-order valence-electron chi connectivity index (χ0n) is 12.1. The molecule has 0 aliphatic carbocycles. The Morgan fingerprint density at radius 1 is 1.40 bits per heavy atom. The fraction of sp³-hybridized carbons (Fsp3) is 0.562. The predicted molar refractivity (Wildman–Crippen MR) is 89.6 cm³/mol. The van der Waals surface area contributed by atoms with E-state index in [4.69, 9.17) is 0 Å². The molecule has 0 fully saturated rings. The monoisotopic (exact) mass is 355 g/mol. The maximum atomic E-state index is 12.4. The van der Waals surface area contributed by atoms with Gasteiger partial charge < -0.3 is 5.32 Å². The number of thioether (sulfide) groups is 1. The lowest BCUT2D eigenvalue weighted by Crippen LogP contribution is -2.41. The molecule has 1 aliphatic rings. The first-order chi connectivity index (χ1) is 9.64. The smallest absolute Gasteiger partial charge is 0.233 e. The van der Waals surface area contributed by atoms with Crippen LogP contribution in [0.3, 0.4) is 0 Å². The number of fused-ring (bicyclic) bond motifs is 1. The van der Waals surface area contributed by atoms with Gasteiger partial charge in [0.2, 0.25) is 5.91 Å². The van der Waals surface area contributed by atoms with Crippen LogP contribution >= 0.6 is 27.7 Å². The van der Waals surface area contributed by atoms with Gasteiger partial charge in [0.05, 0.1) is 5.25 Å². The fourth-order valence-corrected chi connectivity index (χ4v) is 4.66. The van der Waals surface area contributed by atoms with Gasteiger partial charge in [-0.25, -0.2) is 0 Å². The normalized spacial score (nSPS) is 17.9. The first-order valence-electron chi connectivity index (χ1n) is 7.22. The Kier molecular flexibility index (Phi) is 5.56. The lowest BCUT2D eigenvalue weighted by Gasteiger charge is -2.30. The second-order valence-corrected chi connectivity index (χ2v) is 7.28. The van der Waals surface area contributed by atoms with Gasteiger partial charge in [0, 0.05) is 16.8 Å². The van der Waals surface area contributed by atoms with E-state index < -0.39 is 0 Å². The highest BCUT2D eigenvalue weighted by molar-refractivity contribution is 9.09. The summed E-state index contributed by atoms with van der Waals surface area (Å²) in [6, 6.07) is 8.31. The Balaban J connectivity index is 1.91. The Hall–Kier alpha value is -0.480. The van der Waals surface area contributed by atoms with Crippen molar-refractivity contribution in [2.75, 3.05) is 11.9 Å². The quantitative estimate of drug-likeness (QED) is 0.780. The topological polar surface area (TPSA) is 29.1 Å². The molecule has 1 aromatic carbocycles. The van der Waals surface area contributed by atoms with Gasteiger partial charge in [0.25, 0.3) is 0 Å². The molecular formula is C16H22BrNOS. The molecule has 1 N–H and O–H groups in total. The average Bonchev–Trinajstić information content (AvgIpc) is 2.93. The molecule has 0 radical (unpaired) electrons. The number of rotatable bonds is 6. The summed E-state index contributed by atoms with van der Waals surface area (Å²) in [5.41, 5.74) is 1.49. The highest BCUT2D eigenvalue weighted by Crippen LogP contribution is 2.37. The van der Waals surface area contributed by atoms with Crippen LogP contribution < -0.4 is 5.32 Å². The number of benzene rings is 1. The summed E-state index contributed by atoms with van der Waals surface area (Å²) in [5, 5.41) is 4.14. The molecule has 0 bridgehead atoms. The second kappa shape index (κ2) is 6.99. The molecule has 2 rings (SSSR count). The van der Waals surface area contributed by atoms with Crippen LogP contribution in [0.4, 0.5) is 0 Å². The van der Waals surface area contributed by atoms with Crippen molar-refractivity contribution in [2.45, 2.75) is 43.3 Å². The van der Waals surface area contributed by atoms with Crippen LogP contribution in [0.15, 0.2) is 29.2 Å². The molecule has 1 heterocycles. The molecule has 1 amide bonds. The maximum Gasteiger partial charge on any atom is 0.233 e.